The molecule has 0 aliphatic heterocycles. The Bertz CT molecular complexity index is 959. The number of amides is 1. The summed E-state index contributed by atoms with van der Waals surface area (Å²) >= 11 is 1.25. The molecular weight excluding hydrogens is 365 g/mol. The lowest BCUT2D eigenvalue weighted by Gasteiger charge is -2.17. The monoisotopic (exact) mass is 385 g/mol. The number of hydrogen-bond donors (Lipinski definition) is 0. The molecule has 6 nitrogen and oxygen atoms in total. The molecule has 0 aliphatic rings. The molecule has 0 bridgehead atoms. The summed E-state index contributed by atoms with van der Waals surface area (Å²) < 4.78 is 15.4. The van der Waals surface area contributed by atoms with E-state index in [1.54, 1.807) is 29.9 Å². The minimum absolute atomic E-state index is 0.126. The Kier molecular flexibility index (Phi) is 5.85. The second-order valence-electron chi connectivity index (χ2n) is 6.29. The first-order valence-electron chi connectivity index (χ1n) is 8.42. The second-order valence-corrected chi connectivity index (χ2v) is 7.24. The van der Waals surface area contributed by atoms with Gasteiger partial charge in [-0.25, -0.2) is 4.39 Å². The summed E-state index contributed by atoms with van der Waals surface area (Å²) in [7, 11) is 1.66. The molecule has 0 fully saturated rings. The van der Waals surface area contributed by atoms with E-state index in [-0.39, 0.29) is 24.0 Å². The Balaban J connectivity index is 1.66. The van der Waals surface area contributed by atoms with Crippen LogP contribution in [0.25, 0.3) is 5.69 Å². The van der Waals surface area contributed by atoms with Gasteiger partial charge in [-0.15, -0.1) is 5.10 Å². The van der Waals surface area contributed by atoms with Gasteiger partial charge in [0.05, 0.1) is 11.4 Å². The summed E-state index contributed by atoms with van der Waals surface area (Å²) in [6.07, 6.45) is 0. The molecule has 0 atom stereocenters. The smallest absolute Gasteiger partial charge is 0.233 e. The predicted octanol–water partition coefficient (Wildman–Crippen LogP) is 3.17. The van der Waals surface area contributed by atoms with Crippen LogP contribution in [0.15, 0.2) is 47.6 Å². The number of carbonyl (C=O) groups is 1. The number of carbonyl (C=O) groups excluding carboxylic acids is 1. The van der Waals surface area contributed by atoms with Gasteiger partial charge in [-0.1, -0.05) is 47.7 Å². The molecule has 1 heterocycles. The number of aromatic nitrogens is 4. The quantitative estimate of drug-likeness (QED) is 0.610. The van der Waals surface area contributed by atoms with Crippen molar-refractivity contribution in [2.45, 2.75) is 25.5 Å². The van der Waals surface area contributed by atoms with E-state index in [1.807, 2.05) is 26.0 Å². The lowest BCUT2D eigenvalue weighted by atomic mass is 10.1. The molecule has 3 rings (SSSR count). The highest BCUT2D eigenvalue weighted by Crippen LogP contribution is 2.22. The maximum absolute atomic E-state index is 13.8. The summed E-state index contributed by atoms with van der Waals surface area (Å²) in [6.45, 7) is 4.23. The maximum Gasteiger partial charge on any atom is 0.233 e. The van der Waals surface area contributed by atoms with Crippen molar-refractivity contribution in [2.75, 3.05) is 12.8 Å². The van der Waals surface area contributed by atoms with E-state index in [4.69, 9.17) is 0 Å². The number of halogens is 1. The van der Waals surface area contributed by atoms with E-state index < -0.39 is 0 Å². The van der Waals surface area contributed by atoms with Gasteiger partial charge in [0, 0.05) is 19.2 Å². The standard InChI is InChI=1S/C19H20FN5OS/c1-13-8-9-17(14(2)10-13)25-19(21-22-23-25)27-12-18(26)24(3)11-15-6-4-5-7-16(15)20/h4-10H,11-12H2,1-3H3. The largest absolute Gasteiger partial charge is 0.341 e. The van der Waals surface area contributed by atoms with E-state index in [1.165, 1.54) is 22.7 Å². The second kappa shape index (κ2) is 8.30. The van der Waals surface area contributed by atoms with Crippen molar-refractivity contribution in [2.24, 2.45) is 0 Å². The van der Waals surface area contributed by atoms with Crippen LogP contribution in [0.1, 0.15) is 16.7 Å². The minimum atomic E-state index is -0.316. The molecule has 8 heteroatoms. The summed E-state index contributed by atoms with van der Waals surface area (Å²) in [5.41, 5.74) is 3.56. The van der Waals surface area contributed by atoms with Gasteiger partial charge in [-0.2, -0.15) is 4.68 Å². The van der Waals surface area contributed by atoms with Crippen molar-refractivity contribution in [3.63, 3.8) is 0 Å². The van der Waals surface area contributed by atoms with Gasteiger partial charge in [-0.3, -0.25) is 4.79 Å². The molecular formula is C19H20FN5OS. The normalized spacial score (nSPS) is 10.8. The van der Waals surface area contributed by atoms with Gasteiger partial charge in [-0.05, 0) is 42.0 Å². The molecule has 3 aromatic rings. The first kappa shape index (κ1) is 19.0. The van der Waals surface area contributed by atoms with Crippen molar-refractivity contribution in [3.8, 4) is 5.69 Å². The SMILES string of the molecule is Cc1ccc(-n2nnnc2SCC(=O)N(C)Cc2ccccc2F)c(C)c1. The summed E-state index contributed by atoms with van der Waals surface area (Å²) in [5.74, 6) is -0.280. The van der Waals surface area contributed by atoms with E-state index in [2.05, 4.69) is 21.6 Å². The van der Waals surface area contributed by atoms with Crippen LogP contribution in [0.3, 0.4) is 0 Å². The predicted molar refractivity (Wildman–Crippen MR) is 102 cm³/mol. The Morgan fingerprint density at radius 2 is 2.00 bits per heavy atom. The van der Waals surface area contributed by atoms with Crippen LogP contribution in [-0.4, -0.2) is 43.8 Å². The Hall–Kier alpha value is -2.74. The molecule has 140 valence electrons. The molecule has 0 saturated carbocycles. The van der Waals surface area contributed by atoms with Crippen molar-refractivity contribution in [1.82, 2.24) is 25.1 Å². The first-order valence-corrected chi connectivity index (χ1v) is 9.40. The van der Waals surface area contributed by atoms with Crippen molar-refractivity contribution in [1.29, 1.82) is 0 Å². The third kappa shape index (κ3) is 4.51. The van der Waals surface area contributed by atoms with Crippen LogP contribution < -0.4 is 0 Å². The average Bonchev–Trinajstić information content (AvgIpc) is 3.09. The van der Waals surface area contributed by atoms with Gasteiger partial charge in [0.2, 0.25) is 11.1 Å². The zero-order valence-corrected chi connectivity index (χ0v) is 16.2. The average molecular weight is 385 g/mol. The summed E-state index contributed by atoms with van der Waals surface area (Å²) in [6, 6.07) is 12.4. The first-order chi connectivity index (χ1) is 13.0. The molecule has 0 unspecified atom stereocenters. The van der Waals surface area contributed by atoms with E-state index in [9.17, 15) is 9.18 Å². The number of tetrazole rings is 1. The van der Waals surface area contributed by atoms with Gasteiger partial charge in [0.25, 0.3) is 0 Å². The maximum atomic E-state index is 13.8. The Labute approximate surface area is 161 Å². The van der Waals surface area contributed by atoms with Crippen LogP contribution in [0.4, 0.5) is 4.39 Å². The molecule has 0 N–H and O–H groups in total. The van der Waals surface area contributed by atoms with Crippen LogP contribution >= 0.6 is 11.8 Å². The number of nitrogens with zero attached hydrogens (tertiary/aromatic N) is 5. The highest BCUT2D eigenvalue weighted by atomic mass is 32.2. The molecule has 1 amide bonds. The zero-order chi connectivity index (χ0) is 19.4. The van der Waals surface area contributed by atoms with E-state index in [0.717, 1.165) is 16.8 Å². The fraction of sp³-hybridized carbons (Fsp3) is 0.263. The molecule has 1 aromatic heterocycles. The number of rotatable bonds is 6. The van der Waals surface area contributed by atoms with Gasteiger partial charge < -0.3 is 4.90 Å². The zero-order valence-electron chi connectivity index (χ0n) is 15.4. The summed E-state index contributed by atoms with van der Waals surface area (Å²) in [5, 5.41) is 12.3. The fourth-order valence-corrected chi connectivity index (χ4v) is 3.49. The van der Waals surface area contributed by atoms with E-state index >= 15 is 0 Å². The highest BCUT2D eigenvalue weighted by Gasteiger charge is 2.16. The minimum Gasteiger partial charge on any atom is -0.341 e. The lowest BCUT2D eigenvalue weighted by molar-refractivity contribution is -0.127. The Morgan fingerprint density at radius 3 is 2.74 bits per heavy atom. The molecule has 27 heavy (non-hydrogen) atoms. The molecule has 0 saturated heterocycles. The highest BCUT2D eigenvalue weighted by molar-refractivity contribution is 7.99. The van der Waals surface area contributed by atoms with E-state index in [0.29, 0.717) is 10.7 Å². The number of hydrogen-bond acceptors (Lipinski definition) is 5. The number of aryl methyl sites for hydroxylation is 2. The van der Waals surface area contributed by atoms with Crippen LogP contribution in [0, 0.1) is 19.7 Å². The van der Waals surface area contributed by atoms with Crippen LogP contribution in [0.5, 0.6) is 0 Å². The molecule has 0 radical (unpaired) electrons. The number of benzene rings is 2. The number of thioether (sulfide) groups is 1. The topological polar surface area (TPSA) is 63.9 Å². The third-order valence-electron chi connectivity index (χ3n) is 4.14. The summed E-state index contributed by atoms with van der Waals surface area (Å²) in [4.78, 5) is 13.9. The molecule has 0 spiro atoms. The Morgan fingerprint density at radius 1 is 1.22 bits per heavy atom. The third-order valence-corrected chi connectivity index (χ3v) is 5.04. The van der Waals surface area contributed by atoms with Crippen molar-refractivity contribution < 1.29 is 9.18 Å². The van der Waals surface area contributed by atoms with Gasteiger partial charge in [0.1, 0.15) is 5.82 Å². The van der Waals surface area contributed by atoms with Crippen molar-refractivity contribution in [3.05, 3.63) is 65.0 Å². The molecule has 2 aromatic carbocycles. The fourth-order valence-electron chi connectivity index (χ4n) is 2.67. The van der Waals surface area contributed by atoms with Crippen molar-refractivity contribution >= 4 is 17.7 Å². The van der Waals surface area contributed by atoms with Gasteiger partial charge in [0.15, 0.2) is 0 Å². The lowest BCUT2D eigenvalue weighted by Crippen LogP contribution is -2.28. The van der Waals surface area contributed by atoms with Crippen LogP contribution in [0.2, 0.25) is 0 Å². The van der Waals surface area contributed by atoms with Gasteiger partial charge >= 0.3 is 0 Å². The van der Waals surface area contributed by atoms with Crippen LogP contribution in [-0.2, 0) is 11.3 Å². The molecule has 0 aliphatic carbocycles.